The van der Waals surface area contributed by atoms with Crippen LogP contribution >= 0.6 is 0 Å². The summed E-state index contributed by atoms with van der Waals surface area (Å²) >= 11 is 0. The van der Waals surface area contributed by atoms with Crippen molar-refractivity contribution in [1.29, 1.82) is 0 Å². The van der Waals surface area contributed by atoms with Crippen LogP contribution < -0.4 is 0 Å². The number of rotatable bonds is 5. The van der Waals surface area contributed by atoms with E-state index < -0.39 is 17.7 Å². The Labute approximate surface area is 134 Å². The molecule has 1 aliphatic rings. The zero-order chi connectivity index (χ0) is 16.6. The maximum absolute atomic E-state index is 12.9. The molecule has 0 saturated heterocycles. The van der Waals surface area contributed by atoms with Gasteiger partial charge in [-0.25, -0.2) is 4.90 Å². The molecule has 1 atom stereocenters. The molecule has 0 radical (unpaired) electrons. The van der Waals surface area contributed by atoms with E-state index in [9.17, 15) is 14.7 Å². The van der Waals surface area contributed by atoms with E-state index in [1.165, 1.54) is 0 Å². The topological polar surface area (TPSA) is 66.8 Å². The largest absolute Gasteiger partial charge is 0.348 e. The molecular weight excluding hydrogens is 294 g/mol. The summed E-state index contributed by atoms with van der Waals surface area (Å²) in [7, 11) is 0. The molecular formula is C18H19NO4. The number of benzene rings is 2. The molecule has 2 aromatic carbocycles. The fourth-order valence-electron chi connectivity index (χ4n) is 3.15. The van der Waals surface area contributed by atoms with Crippen molar-refractivity contribution in [3.05, 3.63) is 47.5 Å². The van der Waals surface area contributed by atoms with Gasteiger partial charge in [-0.2, -0.15) is 0 Å². The molecule has 0 fully saturated rings. The number of ether oxygens (including phenoxy) is 1. The van der Waals surface area contributed by atoms with Crippen molar-refractivity contribution in [2.75, 3.05) is 6.61 Å². The van der Waals surface area contributed by atoms with Gasteiger partial charge in [0.2, 0.25) is 0 Å². The predicted octanol–water partition coefficient (Wildman–Crippen LogP) is 2.92. The van der Waals surface area contributed by atoms with Crippen LogP contribution in [-0.4, -0.2) is 34.3 Å². The summed E-state index contributed by atoms with van der Waals surface area (Å²) in [5.41, 5.74) is 0.818. The number of hydrogen-bond acceptors (Lipinski definition) is 4. The molecule has 1 unspecified atom stereocenters. The van der Waals surface area contributed by atoms with E-state index in [1.54, 1.807) is 31.2 Å². The highest BCUT2D eigenvalue weighted by Gasteiger charge is 2.46. The summed E-state index contributed by atoms with van der Waals surface area (Å²) in [5, 5.41) is 12.3. The second kappa shape index (κ2) is 5.76. The highest BCUT2D eigenvalue weighted by molar-refractivity contribution is 6.25. The number of imide groups is 1. The SMILES string of the molecule is CCCC(O)(OCC)N1C(=O)c2cccc3cccc(c23)C1=O. The Morgan fingerprint density at radius 3 is 2.09 bits per heavy atom. The van der Waals surface area contributed by atoms with Crippen LogP contribution in [0.25, 0.3) is 10.8 Å². The molecule has 0 saturated carbocycles. The van der Waals surface area contributed by atoms with E-state index in [0.717, 1.165) is 10.3 Å². The van der Waals surface area contributed by atoms with Gasteiger partial charge in [0.25, 0.3) is 17.7 Å². The molecule has 3 rings (SSSR count). The normalized spacial score (nSPS) is 16.7. The molecule has 0 aromatic heterocycles. The van der Waals surface area contributed by atoms with Gasteiger partial charge in [-0.3, -0.25) is 9.59 Å². The number of amides is 2. The number of nitrogens with zero attached hydrogens (tertiary/aromatic N) is 1. The Morgan fingerprint density at radius 2 is 1.61 bits per heavy atom. The van der Waals surface area contributed by atoms with Gasteiger partial charge >= 0.3 is 0 Å². The molecule has 1 heterocycles. The molecule has 5 heteroatoms. The van der Waals surface area contributed by atoms with Crippen molar-refractivity contribution in [2.45, 2.75) is 32.6 Å². The lowest BCUT2D eigenvalue weighted by atomic mass is 9.93. The monoisotopic (exact) mass is 313 g/mol. The zero-order valence-corrected chi connectivity index (χ0v) is 13.2. The Hall–Kier alpha value is -2.24. The lowest BCUT2D eigenvalue weighted by molar-refractivity contribution is -0.263. The van der Waals surface area contributed by atoms with Gasteiger partial charge in [-0.1, -0.05) is 31.2 Å². The quantitative estimate of drug-likeness (QED) is 0.681. The van der Waals surface area contributed by atoms with Crippen molar-refractivity contribution >= 4 is 22.6 Å². The van der Waals surface area contributed by atoms with Gasteiger partial charge in [-0.05, 0) is 30.9 Å². The molecule has 23 heavy (non-hydrogen) atoms. The summed E-state index contributed by atoms with van der Waals surface area (Å²) in [6.45, 7) is 3.77. The van der Waals surface area contributed by atoms with Crippen LogP contribution in [0.15, 0.2) is 36.4 Å². The van der Waals surface area contributed by atoms with Crippen molar-refractivity contribution in [1.82, 2.24) is 4.90 Å². The van der Waals surface area contributed by atoms with Crippen molar-refractivity contribution in [3.63, 3.8) is 0 Å². The van der Waals surface area contributed by atoms with Crippen molar-refractivity contribution < 1.29 is 19.4 Å². The van der Waals surface area contributed by atoms with Crippen LogP contribution in [0.4, 0.5) is 0 Å². The van der Waals surface area contributed by atoms with Gasteiger partial charge in [0.05, 0.1) is 0 Å². The van der Waals surface area contributed by atoms with Gasteiger partial charge < -0.3 is 9.84 Å². The first-order valence-electron chi connectivity index (χ1n) is 7.80. The molecule has 5 nitrogen and oxygen atoms in total. The molecule has 1 N–H and O–H groups in total. The fraction of sp³-hybridized carbons (Fsp3) is 0.333. The van der Waals surface area contributed by atoms with E-state index in [4.69, 9.17) is 4.74 Å². The molecule has 0 spiro atoms. The minimum absolute atomic E-state index is 0.163. The first-order chi connectivity index (χ1) is 11.0. The molecule has 0 bridgehead atoms. The minimum Gasteiger partial charge on any atom is -0.348 e. The Bertz CT molecular complexity index is 727. The van der Waals surface area contributed by atoms with Crippen LogP contribution in [0, 0.1) is 0 Å². The van der Waals surface area contributed by atoms with E-state index in [2.05, 4.69) is 0 Å². The highest BCUT2D eigenvalue weighted by Crippen LogP contribution is 2.34. The predicted molar refractivity (Wildman–Crippen MR) is 85.9 cm³/mol. The summed E-state index contributed by atoms with van der Waals surface area (Å²) in [6, 6.07) is 10.6. The summed E-state index contributed by atoms with van der Waals surface area (Å²) in [5.74, 6) is -2.97. The lowest BCUT2D eigenvalue weighted by Gasteiger charge is -2.39. The second-order valence-corrected chi connectivity index (χ2v) is 5.58. The number of hydrogen-bond donors (Lipinski definition) is 1. The number of aliphatic hydroxyl groups is 1. The average molecular weight is 313 g/mol. The molecule has 2 amide bonds. The van der Waals surface area contributed by atoms with Gasteiger partial charge in [0.1, 0.15) is 0 Å². The zero-order valence-electron chi connectivity index (χ0n) is 13.2. The van der Waals surface area contributed by atoms with Gasteiger partial charge in [0.15, 0.2) is 0 Å². The van der Waals surface area contributed by atoms with Gasteiger partial charge in [0, 0.05) is 29.5 Å². The number of carbonyl (C=O) groups excluding carboxylic acids is 2. The molecule has 1 aliphatic heterocycles. The minimum atomic E-state index is -1.92. The highest BCUT2D eigenvalue weighted by atomic mass is 16.6. The summed E-state index contributed by atoms with van der Waals surface area (Å²) in [4.78, 5) is 26.6. The Balaban J connectivity index is 2.20. The molecule has 2 aromatic rings. The molecule has 0 aliphatic carbocycles. The lowest BCUT2D eigenvalue weighted by Crippen LogP contribution is -2.57. The number of carbonyl (C=O) groups is 2. The van der Waals surface area contributed by atoms with E-state index >= 15 is 0 Å². The third kappa shape index (κ3) is 2.33. The maximum Gasteiger partial charge on any atom is 0.265 e. The van der Waals surface area contributed by atoms with E-state index in [0.29, 0.717) is 22.9 Å². The Morgan fingerprint density at radius 1 is 1.04 bits per heavy atom. The Kier molecular flexibility index (Phi) is 3.92. The fourth-order valence-corrected chi connectivity index (χ4v) is 3.15. The van der Waals surface area contributed by atoms with Crippen LogP contribution in [-0.2, 0) is 4.74 Å². The first kappa shape index (κ1) is 15.6. The second-order valence-electron chi connectivity index (χ2n) is 5.58. The van der Waals surface area contributed by atoms with Crippen LogP contribution in [0.2, 0.25) is 0 Å². The van der Waals surface area contributed by atoms with E-state index in [-0.39, 0.29) is 13.0 Å². The van der Waals surface area contributed by atoms with Crippen molar-refractivity contribution in [3.8, 4) is 0 Å². The third-order valence-electron chi connectivity index (χ3n) is 4.07. The van der Waals surface area contributed by atoms with Crippen LogP contribution in [0.5, 0.6) is 0 Å². The maximum atomic E-state index is 12.9. The van der Waals surface area contributed by atoms with Crippen molar-refractivity contribution in [2.24, 2.45) is 0 Å². The summed E-state index contributed by atoms with van der Waals surface area (Å²) in [6.07, 6.45) is 0.732. The standard InChI is InChI=1S/C18H19NO4/c1-3-11-18(22,23-4-2)19-16(20)13-9-5-7-12-8-6-10-14(15(12)13)17(19)21/h5-10,22H,3-4,11H2,1-2H3. The summed E-state index contributed by atoms with van der Waals surface area (Å²) < 4.78 is 5.40. The first-order valence-corrected chi connectivity index (χ1v) is 7.80. The molecule has 120 valence electrons. The van der Waals surface area contributed by atoms with Crippen LogP contribution in [0.1, 0.15) is 47.4 Å². The van der Waals surface area contributed by atoms with E-state index in [1.807, 2.05) is 19.1 Å². The van der Waals surface area contributed by atoms with Gasteiger partial charge in [-0.15, -0.1) is 0 Å². The smallest absolute Gasteiger partial charge is 0.265 e. The van der Waals surface area contributed by atoms with Crippen LogP contribution in [0.3, 0.4) is 0 Å². The average Bonchev–Trinajstić information content (AvgIpc) is 2.53. The third-order valence-corrected chi connectivity index (χ3v) is 4.07.